The van der Waals surface area contributed by atoms with Gasteiger partial charge < -0.3 is 14.2 Å². The first kappa shape index (κ1) is 16.1. The van der Waals surface area contributed by atoms with Crippen LogP contribution in [0.5, 0.6) is 0 Å². The molecule has 0 radical (unpaired) electrons. The van der Waals surface area contributed by atoms with Crippen LogP contribution in [0, 0.1) is 15.4 Å². The second kappa shape index (κ2) is 5.84. The van der Waals surface area contributed by atoms with E-state index in [-0.39, 0.29) is 17.6 Å². The van der Waals surface area contributed by atoms with Crippen molar-refractivity contribution >= 4 is 39.5 Å². The Morgan fingerprint density at radius 3 is 2.71 bits per heavy atom. The highest BCUT2D eigenvalue weighted by atomic mass is 127. The van der Waals surface area contributed by atoms with E-state index in [1.165, 1.54) is 0 Å². The number of aromatic nitrogens is 1. The van der Waals surface area contributed by atoms with E-state index < -0.39 is 5.97 Å². The molecule has 5 nitrogen and oxygen atoms in total. The molecule has 2 heterocycles. The van der Waals surface area contributed by atoms with Gasteiger partial charge in [0.15, 0.2) is 0 Å². The van der Waals surface area contributed by atoms with Gasteiger partial charge in [0.05, 0.1) is 12.1 Å². The number of pyridine rings is 1. The van der Waals surface area contributed by atoms with E-state index in [1.54, 1.807) is 13.1 Å². The van der Waals surface area contributed by atoms with Crippen molar-refractivity contribution < 1.29 is 9.53 Å². The van der Waals surface area contributed by atoms with E-state index in [1.807, 2.05) is 18.2 Å². The molecular weight excluding hydrogens is 419 g/mol. The van der Waals surface area contributed by atoms with Crippen LogP contribution in [-0.4, -0.2) is 42.2 Å². The summed E-state index contributed by atoms with van der Waals surface area (Å²) >= 11 is 2.19. The van der Waals surface area contributed by atoms with E-state index in [4.69, 9.17) is 4.74 Å². The molecule has 1 saturated carbocycles. The number of benzene rings is 1. The van der Waals surface area contributed by atoms with Crippen molar-refractivity contribution in [2.24, 2.45) is 11.8 Å². The fraction of sp³-hybridized carbons (Fsp3) is 0.444. The van der Waals surface area contributed by atoms with Crippen LogP contribution in [0.2, 0.25) is 0 Å². The highest BCUT2D eigenvalue weighted by Gasteiger charge is 2.56. The van der Waals surface area contributed by atoms with E-state index in [2.05, 4.69) is 39.1 Å². The highest BCUT2D eigenvalue weighted by Crippen LogP contribution is 2.55. The van der Waals surface area contributed by atoms with Crippen molar-refractivity contribution in [3.8, 4) is 0 Å². The topological polar surface area (TPSA) is 51.5 Å². The summed E-state index contributed by atoms with van der Waals surface area (Å²) in [4.78, 5) is 27.3. The summed E-state index contributed by atoms with van der Waals surface area (Å²) in [6, 6.07) is 6.23. The Hall–Kier alpha value is -1.41. The minimum atomic E-state index is -0.528. The Balaban J connectivity index is 1.88. The molecule has 2 fully saturated rings. The van der Waals surface area contributed by atoms with Crippen molar-refractivity contribution in [2.45, 2.75) is 13.0 Å². The Morgan fingerprint density at radius 2 is 2.04 bits per heavy atom. The lowest BCUT2D eigenvalue weighted by Gasteiger charge is -2.18. The SMILES string of the molecule is CCOC(=O)c1cn(C2[C@H]3CN(C)C[C@@H]23)c2ccc(I)cc2c1=O. The first-order valence-corrected chi connectivity index (χ1v) is 9.29. The monoisotopic (exact) mass is 438 g/mol. The molecule has 2 aromatic rings. The first-order valence-electron chi connectivity index (χ1n) is 8.21. The third kappa shape index (κ3) is 2.47. The van der Waals surface area contributed by atoms with E-state index >= 15 is 0 Å². The lowest BCUT2D eigenvalue weighted by Crippen LogP contribution is -2.24. The number of likely N-dealkylation sites (tertiary alicyclic amines) is 1. The van der Waals surface area contributed by atoms with Crippen LogP contribution in [0.3, 0.4) is 0 Å². The van der Waals surface area contributed by atoms with Gasteiger partial charge in [0.2, 0.25) is 5.43 Å². The molecule has 2 aliphatic rings. The largest absolute Gasteiger partial charge is 0.462 e. The minimum Gasteiger partial charge on any atom is -0.462 e. The second-order valence-electron chi connectivity index (χ2n) is 6.70. The molecular formula is C18H19IN2O3. The number of halogens is 1. The van der Waals surface area contributed by atoms with Gasteiger partial charge >= 0.3 is 5.97 Å². The number of rotatable bonds is 3. The van der Waals surface area contributed by atoms with Crippen molar-refractivity contribution in [1.82, 2.24) is 9.47 Å². The number of esters is 1. The number of nitrogens with zero attached hydrogens (tertiary/aromatic N) is 2. The van der Waals surface area contributed by atoms with Gasteiger partial charge in [-0.3, -0.25) is 4.79 Å². The molecule has 1 aromatic heterocycles. The smallest absolute Gasteiger partial charge is 0.343 e. The fourth-order valence-electron chi connectivity index (χ4n) is 4.05. The number of fused-ring (bicyclic) bond motifs is 2. The van der Waals surface area contributed by atoms with Gasteiger partial charge in [0.25, 0.3) is 0 Å². The van der Waals surface area contributed by atoms with Crippen LogP contribution in [0.15, 0.2) is 29.2 Å². The molecule has 126 valence electrons. The molecule has 0 amide bonds. The number of carbonyl (C=O) groups excluding carboxylic acids is 1. The number of ether oxygens (including phenoxy) is 1. The Kier molecular flexibility index (Phi) is 3.91. The second-order valence-corrected chi connectivity index (χ2v) is 7.95. The van der Waals surface area contributed by atoms with Crippen LogP contribution in [0.1, 0.15) is 23.3 Å². The van der Waals surface area contributed by atoms with Crippen LogP contribution in [-0.2, 0) is 4.74 Å². The van der Waals surface area contributed by atoms with E-state index in [9.17, 15) is 9.59 Å². The zero-order valence-corrected chi connectivity index (χ0v) is 15.8. The summed E-state index contributed by atoms with van der Waals surface area (Å²) in [6.45, 7) is 4.16. The molecule has 6 heteroatoms. The molecule has 1 aliphatic carbocycles. The van der Waals surface area contributed by atoms with Gasteiger partial charge in [-0.15, -0.1) is 0 Å². The Labute approximate surface area is 153 Å². The Bertz CT molecular complexity index is 880. The van der Waals surface area contributed by atoms with Crippen LogP contribution in [0.25, 0.3) is 10.9 Å². The van der Waals surface area contributed by atoms with Crippen molar-refractivity contribution in [2.75, 3.05) is 26.7 Å². The normalized spacial score (nSPS) is 25.7. The summed E-state index contributed by atoms with van der Waals surface area (Å²) in [5.74, 6) is 0.685. The average Bonchev–Trinajstić information content (AvgIpc) is 3.04. The van der Waals surface area contributed by atoms with Crippen LogP contribution >= 0.6 is 22.6 Å². The van der Waals surface area contributed by atoms with Crippen molar-refractivity contribution in [1.29, 1.82) is 0 Å². The molecule has 1 unspecified atom stereocenters. The Morgan fingerprint density at radius 1 is 1.33 bits per heavy atom. The van der Waals surface area contributed by atoms with Gasteiger partial charge in [0.1, 0.15) is 5.56 Å². The summed E-state index contributed by atoms with van der Waals surface area (Å²) in [6.07, 6.45) is 1.72. The molecule has 1 aromatic carbocycles. The molecule has 1 saturated heterocycles. The third-order valence-corrected chi connectivity index (χ3v) is 5.81. The fourth-order valence-corrected chi connectivity index (χ4v) is 4.54. The average molecular weight is 438 g/mol. The maximum Gasteiger partial charge on any atom is 0.343 e. The lowest BCUT2D eigenvalue weighted by molar-refractivity contribution is 0.0524. The molecule has 1 aliphatic heterocycles. The predicted octanol–water partition coefficient (Wildman–Crippen LogP) is 2.52. The van der Waals surface area contributed by atoms with Crippen LogP contribution < -0.4 is 5.43 Å². The third-order valence-electron chi connectivity index (χ3n) is 5.14. The van der Waals surface area contributed by atoms with Crippen LogP contribution in [0.4, 0.5) is 0 Å². The van der Waals surface area contributed by atoms with E-state index in [0.29, 0.717) is 23.3 Å². The summed E-state index contributed by atoms with van der Waals surface area (Å²) in [5.41, 5.74) is 0.821. The van der Waals surface area contributed by atoms with Gasteiger partial charge in [-0.2, -0.15) is 0 Å². The molecule has 0 N–H and O–H groups in total. The maximum atomic E-state index is 12.8. The van der Waals surface area contributed by atoms with Gasteiger partial charge in [0, 0.05) is 34.3 Å². The number of hydrogen-bond donors (Lipinski definition) is 0. The first-order chi connectivity index (χ1) is 11.5. The molecule has 4 rings (SSSR count). The zero-order chi connectivity index (χ0) is 17.0. The predicted molar refractivity (Wildman–Crippen MR) is 100 cm³/mol. The summed E-state index contributed by atoms with van der Waals surface area (Å²) in [5, 5.41) is 0.603. The number of hydrogen-bond acceptors (Lipinski definition) is 4. The molecule has 0 bridgehead atoms. The summed E-state index contributed by atoms with van der Waals surface area (Å²) < 4.78 is 8.22. The standard InChI is InChI=1S/C18H19IN2O3/c1-3-24-18(23)14-9-21(16-12-7-20(2)8-13(12)16)15-5-4-10(19)6-11(15)17(14)22/h4-6,9,12-13,16H,3,7-8H2,1-2H3/t12-,13+,16?. The highest BCUT2D eigenvalue weighted by molar-refractivity contribution is 14.1. The van der Waals surface area contributed by atoms with Crippen molar-refractivity contribution in [3.05, 3.63) is 43.8 Å². The van der Waals surface area contributed by atoms with Gasteiger partial charge in [-0.1, -0.05) is 0 Å². The molecule has 0 spiro atoms. The minimum absolute atomic E-state index is 0.143. The van der Waals surface area contributed by atoms with Crippen molar-refractivity contribution in [3.63, 3.8) is 0 Å². The molecule has 24 heavy (non-hydrogen) atoms. The quantitative estimate of drug-likeness (QED) is 0.546. The van der Waals surface area contributed by atoms with E-state index in [0.717, 1.165) is 22.2 Å². The molecule has 3 atom stereocenters. The zero-order valence-electron chi connectivity index (χ0n) is 13.7. The number of piperidine rings is 1. The lowest BCUT2D eigenvalue weighted by atomic mass is 10.1. The maximum absolute atomic E-state index is 12.8. The number of carbonyl (C=O) groups is 1. The van der Waals surface area contributed by atoms with Gasteiger partial charge in [-0.25, -0.2) is 4.79 Å². The summed E-state index contributed by atoms with van der Waals surface area (Å²) in [7, 11) is 2.14. The van der Waals surface area contributed by atoms with Gasteiger partial charge in [-0.05, 0) is 66.6 Å².